The van der Waals surface area contributed by atoms with Crippen LogP contribution in [0.2, 0.25) is 0 Å². The van der Waals surface area contributed by atoms with Gasteiger partial charge in [-0.05, 0) is 35.6 Å². The van der Waals surface area contributed by atoms with Gasteiger partial charge in [0.1, 0.15) is 11.5 Å². The number of hydrogen-bond donors (Lipinski definition) is 4. The topological polar surface area (TPSA) is 108 Å². The van der Waals surface area contributed by atoms with Crippen molar-refractivity contribution in [3.05, 3.63) is 53.2 Å². The molecule has 3 aromatic rings. The van der Waals surface area contributed by atoms with Crippen molar-refractivity contribution in [1.29, 1.82) is 0 Å². The zero-order valence-corrected chi connectivity index (χ0v) is 19.2. The number of hydrogen-bond acceptors (Lipinski definition) is 6. The quantitative estimate of drug-likeness (QED) is 0.404. The van der Waals surface area contributed by atoms with Gasteiger partial charge in [0.15, 0.2) is 11.5 Å². The third-order valence-electron chi connectivity index (χ3n) is 5.21. The molecule has 4 N–H and O–H groups in total. The molecule has 32 heavy (non-hydrogen) atoms. The van der Waals surface area contributed by atoms with E-state index in [2.05, 4.69) is 29.6 Å². The zero-order chi connectivity index (χ0) is 23.4. The number of carbonyl (C=O) groups is 1. The SMILES string of the molecule is CCNC(=O)c1noc(-c2cc(C(C)C)c(O)cc2O)c1-c1ccc(CNC(C)C)cc1. The second-order valence-electron chi connectivity index (χ2n) is 8.41. The van der Waals surface area contributed by atoms with Gasteiger partial charge in [-0.1, -0.05) is 57.1 Å². The van der Waals surface area contributed by atoms with Crippen LogP contribution < -0.4 is 10.6 Å². The molecule has 0 fully saturated rings. The Morgan fingerprint density at radius 2 is 1.75 bits per heavy atom. The van der Waals surface area contributed by atoms with Crippen molar-refractivity contribution < 1.29 is 19.5 Å². The van der Waals surface area contributed by atoms with Gasteiger partial charge in [0.2, 0.25) is 0 Å². The molecular formula is C25H31N3O4. The van der Waals surface area contributed by atoms with Crippen LogP contribution in [0.3, 0.4) is 0 Å². The van der Waals surface area contributed by atoms with Gasteiger partial charge in [0, 0.05) is 25.2 Å². The summed E-state index contributed by atoms with van der Waals surface area (Å²) in [6.45, 7) is 11.1. The predicted molar refractivity (Wildman–Crippen MR) is 125 cm³/mol. The Balaban J connectivity index is 2.14. The lowest BCUT2D eigenvalue weighted by atomic mass is 9.94. The number of carbonyl (C=O) groups excluding carboxylic acids is 1. The monoisotopic (exact) mass is 437 g/mol. The lowest BCUT2D eigenvalue weighted by Crippen LogP contribution is -2.23. The highest BCUT2D eigenvalue weighted by Crippen LogP contribution is 2.43. The van der Waals surface area contributed by atoms with E-state index in [0.717, 1.165) is 17.7 Å². The molecule has 2 aromatic carbocycles. The van der Waals surface area contributed by atoms with Crippen LogP contribution in [-0.4, -0.2) is 33.9 Å². The summed E-state index contributed by atoms with van der Waals surface area (Å²) in [6.07, 6.45) is 0. The van der Waals surface area contributed by atoms with Gasteiger partial charge >= 0.3 is 0 Å². The average Bonchev–Trinajstić information content (AvgIpc) is 3.17. The minimum absolute atomic E-state index is 0.00766. The molecular weight excluding hydrogens is 406 g/mol. The van der Waals surface area contributed by atoms with E-state index < -0.39 is 0 Å². The van der Waals surface area contributed by atoms with Crippen LogP contribution in [0, 0.1) is 0 Å². The minimum atomic E-state index is -0.356. The summed E-state index contributed by atoms with van der Waals surface area (Å²) in [6, 6.07) is 11.1. The van der Waals surface area contributed by atoms with E-state index in [0.29, 0.717) is 29.3 Å². The molecule has 7 nitrogen and oxygen atoms in total. The van der Waals surface area contributed by atoms with E-state index in [4.69, 9.17) is 4.52 Å². The maximum atomic E-state index is 12.7. The highest BCUT2D eigenvalue weighted by Gasteiger charge is 2.27. The number of rotatable bonds is 8. The van der Waals surface area contributed by atoms with Crippen LogP contribution in [0.15, 0.2) is 40.9 Å². The van der Waals surface area contributed by atoms with Gasteiger partial charge in [-0.25, -0.2) is 0 Å². The smallest absolute Gasteiger partial charge is 0.274 e. The number of phenolic OH excluding ortho intramolecular Hbond substituents is 2. The highest BCUT2D eigenvalue weighted by atomic mass is 16.5. The maximum Gasteiger partial charge on any atom is 0.274 e. The highest BCUT2D eigenvalue weighted by molar-refractivity contribution is 6.02. The van der Waals surface area contributed by atoms with Gasteiger partial charge in [-0.2, -0.15) is 0 Å². The molecule has 0 spiro atoms. The molecule has 0 radical (unpaired) electrons. The molecule has 0 aliphatic heterocycles. The number of aromatic hydroxyl groups is 2. The average molecular weight is 438 g/mol. The van der Waals surface area contributed by atoms with Crippen LogP contribution in [0.25, 0.3) is 22.5 Å². The molecule has 7 heteroatoms. The number of amides is 1. The van der Waals surface area contributed by atoms with Crippen LogP contribution in [-0.2, 0) is 6.54 Å². The molecule has 0 saturated carbocycles. The van der Waals surface area contributed by atoms with E-state index in [1.165, 1.54) is 6.07 Å². The molecule has 170 valence electrons. The Bertz CT molecular complexity index is 1090. The van der Waals surface area contributed by atoms with Crippen LogP contribution >= 0.6 is 0 Å². The normalized spacial score (nSPS) is 11.3. The fraction of sp³-hybridized carbons (Fsp3) is 0.360. The summed E-state index contributed by atoms with van der Waals surface area (Å²) in [4.78, 5) is 12.7. The van der Waals surface area contributed by atoms with E-state index in [9.17, 15) is 15.0 Å². The van der Waals surface area contributed by atoms with E-state index in [1.807, 2.05) is 45.0 Å². The van der Waals surface area contributed by atoms with Gasteiger partial charge in [-0.15, -0.1) is 0 Å². The van der Waals surface area contributed by atoms with Gasteiger partial charge in [-0.3, -0.25) is 4.79 Å². The van der Waals surface area contributed by atoms with Gasteiger partial charge in [0.25, 0.3) is 5.91 Å². The van der Waals surface area contributed by atoms with Gasteiger partial charge in [0.05, 0.1) is 11.1 Å². The number of nitrogens with zero attached hydrogens (tertiary/aromatic N) is 1. The summed E-state index contributed by atoms with van der Waals surface area (Å²) in [5.41, 5.74) is 3.53. The molecule has 0 atom stereocenters. The Hall–Kier alpha value is -3.32. The fourth-order valence-corrected chi connectivity index (χ4v) is 3.49. The predicted octanol–water partition coefficient (Wildman–Crippen LogP) is 4.79. The largest absolute Gasteiger partial charge is 0.508 e. The van der Waals surface area contributed by atoms with Gasteiger partial charge < -0.3 is 25.4 Å². The van der Waals surface area contributed by atoms with Crippen molar-refractivity contribution in [1.82, 2.24) is 15.8 Å². The Labute approximate surface area is 188 Å². The third-order valence-corrected chi connectivity index (χ3v) is 5.21. The van der Waals surface area contributed by atoms with Crippen LogP contribution in [0.5, 0.6) is 11.5 Å². The first-order chi connectivity index (χ1) is 15.2. The van der Waals surface area contributed by atoms with E-state index >= 15 is 0 Å². The molecule has 0 bridgehead atoms. The standard InChI is InChI=1S/C25H31N3O4/c1-6-26-25(31)23-22(17-9-7-16(8-10-17)13-27-15(4)5)24(32-28-23)19-11-18(14(2)3)20(29)12-21(19)30/h7-12,14-15,27,29-30H,6,13H2,1-5H3,(H,26,31). The summed E-state index contributed by atoms with van der Waals surface area (Å²) < 4.78 is 5.60. The van der Waals surface area contributed by atoms with Crippen molar-refractivity contribution in [3.63, 3.8) is 0 Å². The molecule has 3 rings (SSSR count). The summed E-state index contributed by atoms with van der Waals surface area (Å²) >= 11 is 0. The fourth-order valence-electron chi connectivity index (χ4n) is 3.49. The lowest BCUT2D eigenvalue weighted by molar-refractivity contribution is 0.0947. The molecule has 1 aromatic heterocycles. The zero-order valence-electron chi connectivity index (χ0n) is 19.2. The Morgan fingerprint density at radius 3 is 2.34 bits per heavy atom. The molecule has 1 amide bonds. The van der Waals surface area contributed by atoms with Crippen molar-refractivity contribution in [2.75, 3.05) is 6.54 Å². The number of benzene rings is 2. The second kappa shape index (κ2) is 9.87. The van der Waals surface area contributed by atoms with Crippen molar-refractivity contribution >= 4 is 5.91 Å². The number of phenols is 2. The summed E-state index contributed by atoms with van der Waals surface area (Å²) in [5.74, 6) is -0.196. The number of nitrogens with one attached hydrogen (secondary N) is 2. The molecule has 0 aliphatic carbocycles. The molecule has 0 unspecified atom stereocenters. The Kier molecular flexibility index (Phi) is 7.20. The molecule has 1 heterocycles. The van der Waals surface area contributed by atoms with Crippen molar-refractivity contribution in [2.45, 2.75) is 53.1 Å². The molecule has 0 saturated heterocycles. The summed E-state index contributed by atoms with van der Waals surface area (Å²) in [5, 5.41) is 31.0. The van der Waals surface area contributed by atoms with E-state index in [-0.39, 0.29) is 34.8 Å². The van der Waals surface area contributed by atoms with E-state index in [1.54, 1.807) is 6.07 Å². The Morgan fingerprint density at radius 1 is 1.06 bits per heavy atom. The summed E-state index contributed by atoms with van der Waals surface area (Å²) in [7, 11) is 0. The lowest BCUT2D eigenvalue weighted by Gasteiger charge is -2.13. The first kappa shape index (κ1) is 23.3. The van der Waals surface area contributed by atoms with Crippen LogP contribution in [0.1, 0.15) is 62.2 Å². The third kappa shape index (κ3) is 4.94. The van der Waals surface area contributed by atoms with Crippen LogP contribution in [0.4, 0.5) is 0 Å². The number of aromatic nitrogens is 1. The second-order valence-corrected chi connectivity index (χ2v) is 8.41. The first-order valence-corrected chi connectivity index (χ1v) is 10.9. The maximum absolute atomic E-state index is 12.7. The molecule has 0 aliphatic rings. The van der Waals surface area contributed by atoms with Crippen molar-refractivity contribution in [2.24, 2.45) is 0 Å². The minimum Gasteiger partial charge on any atom is -0.508 e. The first-order valence-electron chi connectivity index (χ1n) is 10.9. The van der Waals surface area contributed by atoms with Crippen molar-refractivity contribution in [3.8, 4) is 33.9 Å².